The van der Waals surface area contributed by atoms with E-state index in [9.17, 15) is 4.79 Å². The normalized spacial score (nSPS) is 12.8. The van der Waals surface area contributed by atoms with Crippen molar-refractivity contribution in [2.75, 3.05) is 18.9 Å². The highest BCUT2D eigenvalue weighted by molar-refractivity contribution is 5.94. The van der Waals surface area contributed by atoms with Gasteiger partial charge in [0.25, 0.3) is 5.91 Å². The van der Waals surface area contributed by atoms with Crippen LogP contribution in [0.2, 0.25) is 0 Å². The third-order valence-electron chi connectivity index (χ3n) is 3.21. The Balaban J connectivity index is 1.68. The first kappa shape index (κ1) is 13.3. The fraction of sp³-hybridized carbons (Fsp3) is 0.188. The van der Waals surface area contributed by atoms with E-state index in [-0.39, 0.29) is 5.91 Å². The van der Waals surface area contributed by atoms with Crippen molar-refractivity contribution in [3.05, 3.63) is 53.6 Å². The molecule has 0 saturated heterocycles. The van der Waals surface area contributed by atoms with Crippen LogP contribution in [0.3, 0.4) is 0 Å². The second-order valence-corrected chi connectivity index (χ2v) is 4.79. The lowest BCUT2D eigenvalue weighted by Gasteiger charge is -2.18. The fourth-order valence-corrected chi connectivity index (χ4v) is 2.17. The van der Waals surface area contributed by atoms with Crippen LogP contribution in [0, 0.1) is 0 Å². The molecule has 0 fully saturated rings. The van der Waals surface area contributed by atoms with Gasteiger partial charge in [-0.3, -0.25) is 4.79 Å². The van der Waals surface area contributed by atoms with Crippen molar-refractivity contribution in [1.82, 2.24) is 5.32 Å². The van der Waals surface area contributed by atoms with Gasteiger partial charge in [0, 0.05) is 17.8 Å². The number of ether oxygens (including phenoxy) is 2. The van der Waals surface area contributed by atoms with E-state index in [2.05, 4.69) is 5.32 Å². The van der Waals surface area contributed by atoms with Crippen LogP contribution in [0.4, 0.5) is 5.69 Å². The average molecular weight is 284 g/mol. The van der Waals surface area contributed by atoms with Gasteiger partial charge in [-0.2, -0.15) is 0 Å². The van der Waals surface area contributed by atoms with Crippen molar-refractivity contribution < 1.29 is 14.3 Å². The first-order valence-corrected chi connectivity index (χ1v) is 6.74. The van der Waals surface area contributed by atoms with Crippen LogP contribution in [0.15, 0.2) is 42.5 Å². The molecule has 108 valence electrons. The van der Waals surface area contributed by atoms with E-state index in [1.54, 1.807) is 18.2 Å². The van der Waals surface area contributed by atoms with Crippen LogP contribution >= 0.6 is 0 Å². The van der Waals surface area contributed by atoms with Crippen LogP contribution in [0.5, 0.6) is 11.5 Å². The summed E-state index contributed by atoms with van der Waals surface area (Å²) in [5, 5.41) is 2.86. The lowest BCUT2D eigenvalue weighted by Crippen LogP contribution is -2.23. The zero-order valence-electron chi connectivity index (χ0n) is 11.5. The van der Waals surface area contributed by atoms with E-state index in [1.807, 2.05) is 24.3 Å². The van der Waals surface area contributed by atoms with Gasteiger partial charge in [0.2, 0.25) is 0 Å². The summed E-state index contributed by atoms with van der Waals surface area (Å²) < 4.78 is 10.9. The van der Waals surface area contributed by atoms with E-state index >= 15 is 0 Å². The van der Waals surface area contributed by atoms with Crippen molar-refractivity contribution in [2.45, 2.75) is 6.54 Å². The summed E-state index contributed by atoms with van der Waals surface area (Å²) in [4.78, 5) is 12.1. The van der Waals surface area contributed by atoms with Crippen molar-refractivity contribution in [1.29, 1.82) is 0 Å². The minimum atomic E-state index is -0.158. The smallest absolute Gasteiger partial charge is 0.251 e. The van der Waals surface area contributed by atoms with Gasteiger partial charge in [0.15, 0.2) is 11.5 Å². The van der Waals surface area contributed by atoms with Gasteiger partial charge in [-0.1, -0.05) is 12.1 Å². The average Bonchev–Trinajstić information content (AvgIpc) is 2.52. The van der Waals surface area contributed by atoms with Gasteiger partial charge in [-0.15, -0.1) is 0 Å². The zero-order valence-corrected chi connectivity index (χ0v) is 11.5. The molecule has 0 bridgehead atoms. The van der Waals surface area contributed by atoms with Crippen LogP contribution < -0.4 is 20.5 Å². The molecule has 1 aliphatic heterocycles. The maximum atomic E-state index is 12.1. The Morgan fingerprint density at radius 3 is 2.71 bits per heavy atom. The monoisotopic (exact) mass is 284 g/mol. The number of rotatable bonds is 3. The topological polar surface area (TPSA) is 73.6 Å². The number of anilines is 1. The highest BCUT2D eigenvalue weighted by atomic mass is 16.6. The molecule has 1 amide bonds. The second-order valence-electron chi connectivity index (χ2n) is 4.79. The number of nitrogens with two attached hydrogens (primary N) is 1. The molecule has 5 heteroatoms. The summed E-state index contributed by atoms with van der Waals surface area (Å²) >= 11 is 0. The van der Waals surface area contributed by atoms with Crippen molar-refractivity contribution in [3.8, 4) is 11.5 Å². The Labute approximate surface area is 122 Å². The maximum Gasteiger partial charge on any atom is 0.251 e. The molecule has 1 heterocycles. The predicted molar refractivity (Wildman–Crippen MR) is 79.5 cm³/mol. The summed E-state index contributed by atoms with van der Waals surface area (Å²) in [5.41, 5.74) is 7.89. The summed E-state index contributed by atoms with van der Waals surface area (Å²) in [6.07, 6.45) is 0. The number of hydrogen-bond acceptors (Lipinski definition) is 4. The van der Waals surface area contributed by atoms with Gasteiger partial charge >= 0.3 is 0 Å². The summed E-state index contributed by atoms with van der Waals surface area (Å²) in [6, 6.07) is 12.6. The predicted octanol–water partition coefficient (Wildman–Crippen LogP) is 1.97. The number of nitrogen functional groups attached to an aromatic ring is 1. The SMILES string of the molecule is Nc1cccc(CNC(=O)c2ccc3c(c2)OCCO3)c1. The van der Waals surface area contributed by atoms with Gasteiger partial charge < -0.3 is 20.5 Å². The van der Waals surface area contributed by atoms with Crippen LogP contribution in [0.1, 0.15) is 15.9 Å². The molecule has 5 nitrogen and oxygen atoms in total. The van der Waals surface area contributed by atoms with Crippen LogP contribution in [0.25, 0.3) is 0 Å². The zero-order chi connectivity index (χ0) is 14.7. The molecule has 0 aliphatic carbocycles. The van der Waals surface area contributed by atoms with Crippen molar-refractivity contribution in [2.24, 2.45) is 0 Å². The minimum absolute atomic E-state index is 0.158. The molecule has 2 aromatic rings. The Morgan fingerprint density at radius 1 is 1.10 bits per heavy atom. The molecule has 0 aromatic heterocycles. The number of fused-ring (bicyclic) bond motifs is 1. The van der Waals surface area contributed by atoms with E-state index in [4.69, 9.17) is 15.2 Å². The van der Waals surface area contributed by atoms with Gasteiger partial charge in [-0.05, 0) is 35.9 Å². The molecular weight excluding hydrogens is 268 g/mol. The molecule has 0 atom stereocenters. The molecule has 0 saturated carbocycles. The number of carbonyl (C=O) groups is 1. The summed E-state index contributed by atoms with van der Waals surface area (Å²) in [6.45, 7) is 1.47. The fourth-order valence-electron chi connectivity index (χ4n) is 2.17. The Bertz CT molecular complexity index is 670. The van der Waals surface area contributed by atoms with Gasteiger partial charge in [0.1, 0.15) is 13.2 Å². The number of benzene rings is 2. The Morgan fingerprint density at radius 2 is 1.90 bits per heavy atom. The minimum Gasteiger partial charge on any atom is -0.486 e. The molecule has 0 unspecified atom stereocenters. The lowest BCUT2D eigenvalue weighted by atomic mass is 10.1. The first-order chi connectivity index (χ1) is 10.2. The number of amides is 1. The molecule has 0 radical (unpaired) electrons. The number of hydrogen-bond donors (Lipinski definition) is 2. The molecule has 3 N–H and O–H groups in total. The number of nitrogens with one attached hydrogen (secondary N) is 1. The van der Waals surface area contributed by atoms with Crippen LogP contribution in [-0.2, 0) is 6.54 Å². The molecular formula is C16H16N2O3. The Hall–Kier alpha value is -2.69. The lowest BCUT2D eigenvalue weighted by molar-refractivity contribution is 0.0949. The molecule has 21 heavy (non-hydrogen) atoms. The molecule has 0 spiro atoms. The molecule has 1 aliphatic rings. The van der Waals surface area contributed by atoms with Gasteiger partial charge in [-0.25, -0.2) is 0 Å². The van der Waals surface area contributed by atoms with Crippen LogP contribution in [-0.4, -0.2) is 19.1 Å². The van der Waals surface area contributed by atoms with E-state index in [1.165, 1.54) is 0 Å². The molecule has 3 rings (SSSR count). The van der Waals surface area contributed by atoms with E-state index in [0.29, 0.717) is 42.5 Å². The third kappa shape index (κ3) is 3.08. The third-order valence-corrected chi connectivity index (χ3v) is 3.21. The standard InChI is InChI=1S/C16H16N2O3/c17-13-3-1-2-11(8-13)10-18-16(19)12-4-5-14-15(9-12)21-7-6-20-14/h1-5,8-9H,6-7,10,17H2,(H,18,19). The summed E-state index contributed by atoms with van der Waals surface area (Å²) in [5.74, 6) is 1.13. The highest BCUT2D eigenvalue weighted by Crippen LogP contribution is 2.30. The van der Waals surface area contributed by atoms with E-state index in [0.717, 1.165) is 5.56 Å². The van der Waals surface area contributed by atoms with Crippen molar-refractivity contribution >= 4 is 11.6 Å². The van der Waals surface area contributed by atoms with Crippen molar-refractivity contribution in [3.63, 3.8) is 0 Å². The quantitative estimate of drug-likeness (QED) is 0.845. The first-order valence-electron chi connectivity index (χ1n) is 6.74. The van der Waals surface area contributed by atoms with Gasteiger partial charge in [0.05, 0.1) is 0 Å². The molecule has 2 aromatic carbocycles. The highest BCUT2D eigenvalue weighted by Gasteiger charge is 2.14. The number of carbonyl (C=O) groups excluding carboxylic acids is 1. The Kier molecular flexibility index (Phi) is 3.64. The second kappa shape index (κ2) is 5.75. The summed E-state index contributed by atoms with van der Waals surface area (Å²) in [7, 11) is 0. The van der Waals surface area contributed by atoms with E-state index < -0.39 is 0 Å². The maximum absolute atomic E-state index is 12.1. The largest absolute Gasteiger partial charge is 0.486 e.